The second kappa shape index (κ2) is 8.55. The molecule has 0 saturated carbocycles. The quantitative estimate of drug-likeness (QED) is 0.790. The third-order valence-electron chi connectivity index (χ3n) is 5.44. The Bertz CT molecular complexity index is 824. The highest BCUT2D eigenvalue weighted by Crippen LogP contribution is 2.25. The maximum Gasteiger partial charge on any atom is 0.263 e. The Labute approximate surface area is 167 Å². The molecule has 0 N–H and O–H groups in total. The van der Waals surface area contributed by atoms with Crippen LogP contribution in [-0.4, -0.2) is 50.2 Å². The SMILES string of the molecule is COc1ccc(N2CCN(C(=O)[C@@H](C)Oc3cc(C)cc(C)c3C)CC2)cc1. The lowest BCUT2D eigenvalue weighted by Gasteiger charge is -2.37. The first kappa shape index (κ1) is 20.1. The molecule has 0 bridgehead atoms. The van der Waals surface area contributed by atoms with E-state index in [1.807, 2.05) is 43.9 Å². The Kier molecular flexibility index (Phi) is 6.12. The summed E-state index contributed by atoms with van der Waals surface area (Å²) in [5.74, 6) is 1.70. The van der Waals surface area contributed by atoms with Gasteiger partial charge in [0.2, 0.25) is 0 Å². The number of anilines is 1. The first-order chi connectivity index (χ1) is 13.4. The molecule has 0 radical (unpaired) electrons. The highest BCUT2D eigenvalue weighted by molar-refractivity contribution is 5.81. The first-order valence-corrected chi connectivity index (χ1v) is 9.81. The number of hydrogen-bond acceptors (Lipinski definition) is 4. The summed E-state index contributed by atoms with van der Waals surface area (Å²) in [5.41, 5.74) is 4.58. The van der Waals surface area contributed by atoms with Crippen LogP contribution in [0.25, 0.3) is 0 Å². The van der Waals surface area contributed by atoms with Crippen LogP contribution in [0.15, 0.2) is 36.4 Å². The molecular formula is C23H30N2O3. The molecule has 1 aliphatic rings. The van der Waals surface area contributed by atoms with Crippen molar-refractivity contribution < 1.29 is 14.3 Å². The molecule has 1 saturated heterocycles. The van der Waals surface area contributed by atoms with Crippen molar-refractivity contribution in [3.8, 4) is 11.5 Å². The second-order valence-electron chi connectivity index (χ2n) is 7.48. The summed E-state index contributed by atoms with van der Waals surface area (Å²) in [4.78, 5) is 17.1. The smallest absolute Gasteiger partial charge is 0.263 e. The number of methoxy groups -OCH3 is 1. The lowest BCUT2D eigenvalue weighted by Crippen LogP contribution is -2.52. The van der Waals surface area contributed by atoms with E-state index in [2.05, 4.69) is 30.0 Å². The number of carbonyl (C=O) groups excluding carboxylic acids is 1. The Morgan fingerprint density at radius 3 is 2.25 bits per heavy atom. The third-order valence-corrected chi connectivity index (χ3v) is 5.44. The summed E-state index contributed by atoms with van der Waals surface area (Å²) in [5, 5.41) is 0. The fourth-order valence-corrected chi connectivity index (χ4v) is 3.60. The molecule has 0 unspecified atom stereocenters. The summed E-state index contributed by atoms with van der Waals surface area (Å²) in [6, 6.07) is 12.2. The molecule has 1 atom stereocenters. The number of nitrogens with zero attached hydrogens (tertiary/aromatic N) is 2. The molecule has 3 rings (SSSR count). The van der Waals surface area contributed by atoms with Crippen LogP contribution >= 0.6 is 0 Å². The average Bonchev–Trinajstić information content (AvgIpc) is 2.71. The summed E-state index contributed by atoms with van der Waals surface area (Å²) in [7, 11) is 1.67. The van der Waals surface area contributed by atoms with E-state index in [1.165, 1.54) is 5.56 Å². The number of aryl methyl sites for hydroxylation is 2. The van der Waals surface area contributed by atoms with Gasteiger partial charge in [0, 0.05) is 31.9 Å². The average molecular weight is 383 g/mol. The zero-order valence-electron chi connectivity index (χ0n) is 17.5. The number of piperazine rings is 1. The summed E-state index contributed by atoms with van der Waals surface area (Å²) in [6.45, 7) is 11.0. The minimum Gasteiger partial charge on any atom is -0.497 e. The second-order valence-corrected chi connectivity index (χ2v) is 7.48. The van der Waals surface area contributed by atoms with Gasteiger partial charge < -0.3 is 19.3 Å². The normalized spacial score (nSPS) is 15.3. The zero-order chi connectivity index (χ0) is 20.3. The minimum absolute atomic E-state index is 0.0490. The van der Waals surface area contributed by atoms with Crippen molar-refractivity contribution in [2.75, 3.05) is 38.2 Å². The van der Waals surface area contributed by atoms with Crippen molar-refractivity contribution in [1.82, 2.24) is 4.90 Å². The maximum absolute atomic E-state index is 12.9. The van der Waals surface area contributed by atoms with Crippen LogP contribution < -0.4 is 14.4 Å². The van der Waals surface area contributed by atoms with Crippen LogP contribution in [0.1, 0.15) is 23.6 Å². The van der Waals surface area contributed by atoms with E-state index in [0.717, 1.165) is 41.4 Å². The predicted molar refractivity (Wildman–Crippen MR) is 113 cm³/mol. The number of benzene rings is 2. The molecule has 28 heavy (non-hydrogen) atoms. The fourth-order valence-electron chi connectivity index (χ4n) is 3.60. The Morgan fingerprint density at radius 2 is 1.64 bits per heavy atom. The van der Waals surface area contributed by atoms with Gasteiger partial charge in [0.15, 0.2) is 6.10 Å². The van der Waals surface area contributed by atoms with Gasteiger partial charge in [0.25, 0.3) is 5.91 Å². The molecule has 2 aromatic rings. The van der Waals surface area contributed by atoms with E-state index < -0.39 is 6.10 Å². The first-order valence-electron chi connectivity index (χ1n) is 9.81. The molecule has 150 valence electrons. The lowest BCUT2D eigenvalue weighted by atomic mass is 10.1. The van der Waals surface area contributed by atoms with Gasteiger partial charge in [-0.15, -0.1) is 0 Å². The number of carbonyl (C=O) groups is 1. The summed E-state index contributed by atoms with van der Waals surface area (Å²) < 4.78 is 11.3. The van der Waals surface area contributed by atoms with E-state index in [1.54, 1.807) is 7.11 Å². The Hall–Kier alpha value is -2.69. The zero-order valence-corrected chi connectivity index (χ0v) is 17.5. The minimum atomic E-state index is -0.493. The molecule has 1 fully saturated rings. The Morgan fingerprint density at radius 1 is 1.00 bits per heavy atom. The summed E-state index contributed by atoms with van der Waals surface area (Å²) in [6.07, 6.45) is -0.493. The molecule has 5 nitrogen and oxygen atoms in total. The third kappa shape index (κ3) is 4.41. The van der Waals surface area contributed by atoms with Gasteiger partial charge in [0.05, 0.1) is 7.11 Å². The van der Waals surface area contributed by atoms with Gasteiger partial charge in [-0.25, -0.2) is 0 Å². The van der Waals surface area contributed by atoms with Crippen molar-refractivity contribution in [1.29, 1.82) is 0 Å². The van der Waals surface area contributed by atoms with Crippen LogP contribution in [0.4, 0.5) is 5.69 Å². The molecule has 0 aromatic heterocycles. The molecule has 1 aliphatic heterocycles. The van der Waals surface area contributed by atoms with E-state index in [0.29, 0.717) is 13.1 Å². The number of amides is 1. The fraction of sp³-hybridized carbons (Fsp3) is 0.435. The van der Waals surface area contributed by atoms with Gasteiger partial charge in [-0.2, -0.15) is 0 Å². The van der Waals surface area contributed by atoms with Crippen LogP contribution in [-0.2, 0) is 4.79 Å². The van der Waals surface area contributed by atoms with Gasteiger partial charge in [-0.3, -0.25) is 4.79 Å². The van der Waals surface area contributed by atoms with Crippen molar-refractivity contribution >= 4 is 11.6 Å². The van der Waals surface area contributed by atoms with Crippen molar-refractivity contribution in [3.05, 3.63) is 53.1 Å². The van der Waals surface area contributed by atoms with Crippen molar-refractivity contribution in [2.45, 2.75) is 33.8 Å². The van der Waals surface area contributed by atoms with E-state index in [4.69, 9.17) is 9.47 Å². The molecule has 1 amide bonds. The highest BCUT2D eigenvalue weighted by Gasteiger charge is 2.26. The van der Waals surface area contributed by atoms with E-state index >= 15 is 0 Å². The van der Waals surface area contributed by atoms with Gasteiger partial charge in [0.1, 0.15) is 11.5 Å². The lowest BCUT2D eigenvalue weighted by molar-refractivity contribution is -0.138. The van der Waals surface area contributed by atoms with E-state index in [9.17, 15) is 4.79 Å². The van der Waals surface area contributed by atoms with Crippen LogP contribution in [0.2, 0.25) is 0 Å². The number of ether oxygens (including phenoxy) is 2. The van der Waals surface area contributed by atoms with Gasteiger partial charge in [-0.05, 0) is 74.7 Å². The molecule has 0 aliphatic carbocycles. The number of hydrogen-bond donors (Lipinski definition) is 0. The van der Waals surface area contributed by atoms with Crippen molar-refractivity contribution in [2.24, 2.45) is 0 Å². The molecule has 1 heterocycles. The van der Waals surface area contributed by atoms with E-state index in [-0.39, 0.29) is 5.91 Å². The van der Waals surface area contributed by atoms with Crippen LogP contribution in [0.3, 0.4) is 0 Å². The molecule has 0 spiro atoms. The van der Waals surface area contributed by atoms with Gasteiger partial charge >= 0.3 is 0 Å². The molecule has 5 heteroatoms. The maximum atomic E-state index is 12.9. The van der Waals surface area contributed by atoms with Gasteiger partial charge in [-0.1, -0.05) is 6.07 Å². The van der Waals surface area contributed by atoms with Crippen molar-refractivity contribution in [3.63, 3.8) is 0 Å². The van der Waals surface area contributed by atoms with Crippen LogP contribution in [0.5, 0.6) is 11.5 Å². The molecule has 2 aromatic carbocycles. The Balaban J connectivity index is 1.58. The summed E-state index contributed by atoms with van der Waals surface area (Å²) >= 11 is 0. The largest absolute Gasteiger partial charge is 0.497 e. The number of rotatable bonds is 5. The standard InChI is InChI=1S/C23H30N2O3/c1-16-14-17(2)18(3)22(15-16)28-19(4)23(26)25-12-10-24(11-13-25)20-6-8-21(27-5)9-7-20/h6-9,14-15,19H,10-13H2,1-5H3/t19-/m1/s1. The van der Waals surface area contributed by atoms with Crippen LogP contribution in [0, 0.1) is 20.8 Å². The monoisotopic (exact) mass is 382 g/mol. The highest BCUT2D eigenvalue weighted by atomic mass is 16.5. The topological polar surface area (TPSA) is 42.0 Å². The predicted octanol–water partition coefficient (Wildman–Crippen LogP) is 3.74. The molecular weight excluding hydrogens is 352 g/mol.